The number of rotatable bonds is 2. The van der Waals surface area contributed by atoms with Gasteiger partial charge in [0.2, 0.25) is 5.91 Å². The van der Waals surface area contributed by atoms with E-state index in [9.17, 15) is 14.0 Å². The first-order valence-corrected chi connectivity index (χ1v) is 7.74. The van der Waals surface area contributed by atoms with Crippen molar-refractivity contribution in [2.75, 3.05) is 11.9 Å². The lowest BCUT2D eigenvalue weighted by molar-refractivity contribution is -0.120. The number of nitrogens with zero attached hydrogens (tertiary/aromatic N) is 1. The van der Waals surface area contributed by atoms with E-state index in [1.165, 1.54) is 17.0 Å². The molecule has 126 valence electrons. The Morgan fingerprint density at radius 2 is 2.04 bits per heavy atom. The molecule has 1 aromatic carbocycles. The monoisotopic (exact) mass is 322 g/mol. The maximum Gasteiger partial charge on any atom is 0.410 e. The second kappa shape index (κ2) is 6.56. The van der Waals surface area contributed by atoms with Gasteiger partial charge in [0.15, 0.2) is 0 Å². The first-order chi connectivity index (χ1) is 10.7. The van der Waals surface area contributed by atoms with E-state index in [1.807, 2.05) is 0 Å². The van der Waals surface area contributed by atoms with Crippen LogP contribution in [0.15, 0.2) is 18.2 Å². The van der Waals surface area contributed by atoms with Gasteiger partial charge in [-0.1, -0.05) is 6.07 Å². The summed E-state index contributed by atoms with van der Waals surface area (Å²) in [5.41, 5.74) is 0.188. The van der Waals surface area contributed by atoms with Crippen molar-refractivity contribution in [3.63, 3.8) is 0 Å². The van der Waals surface area contributed by atoms with Gasteiger partial charge in [-0.15, -0.1) is 0 Å². The van der Waals surface area contributed by atoms with Crippen LogP contribution in [-0.4, -0.2) is 35.1 Å². The predicted molar refractivity (Wildman–Crippen MR) is 85.7 cm³/mol. The van der Waals surface area contributed by atoms with Crippen molar-refractivity contribution >= 4 is 17.7 Å². The molecule has 0 bridgehead atoms. The predicted octanol–water partition coefficient (Wildman–Crippen LogP) is 3.47. The van der Waals surface area contributed by atoms with Crippen LogP contribution >= 0.6 is 0 Å². The van der Waals surface area contributed by atoms with Crippen LogP contribution in [-0.2, 0) is 9.53 Å². The number of likely N-dealkylation sites (tertiary alicyclic amines) is 1. The standard InChI is InChI=1S/C17H23FN2O3/c1-11-12(18)7-5-8-13(11)19-15(21)14-9-6-10-20(14)16(22)23-17(2,3)4/h5,7-8,14H,6,9-10H2,1-4H3,(H,19,21)/t14-/m0/s1. The van der Waals surface area contributed by atoms with Gasteiger partial charge in [-0.3, -0.25) is 9.69 Å². The fourth-order valence-corrected chi connectivity index (χ4v) is 2.54. The van der Waals surface area contributed by atoms with Crippen LogP contribution in [0.1, 0.15) is 39.2 Å². The summed E-state index contributed by atoms with van der Waals surface area (Å²) in [6.07, 6.45) is 0.810. The maximum absolute atomic E-state index is 13.6. The van der Waals surface area contributed by atoms with E-state index in [0.717, 1.165) is 6.42 Å². The van der Waals surface area contributed by atoms with Crippen LogP contribution in [0, 0.1) is 12.7 Å². The zero-order valence-electron chi connectivity index (χ0n) is 14.0. The van der Waals surface area contributed by atoms with Gasteiger partial charge in [0.25, 0.3) is 0 Å². The number of anilines is 1. The Hall–Kier alpha value is -2.11. The van der Waals surface area contributed by atoms with Crippen molar-refractivity contribution in [2.45, 2.75) is 52.2 Å². The highest BCUT2D eigenvalue weighted by Crippen LogP contribution is 2.23. The lowest BCUT2D eigenvalue weighted by Crippen LogP contribution is -2.45. The zero-order valence-corrected chi connectivity index (χ0v) is 14.0. The molecule has 1 atom stereocenters. The summed E-state index contributed by atoms with van der Waals surface area (Å²) in [4.78, 5) is 26.1. The van der Waals surface area contributed by atoms with Gasteiger partial charge in [-0.2, -0.15) is 0 Å². The largest absolute Gasteiger partial charge is 0.444 e. The maximum atomic E-state index is 13.6. The van der Waals surface area contributed by atoms with E-state index in [-0.39, 0.29) is 11.7 Å². The third-order valence-corrected chi connectivity index (χ3v) is 3.71. The number of hydrogen-bond acceptors (Lipinski definition) is 3. The molecule has 5 nitrogen and oxygen atoms in total. The topological polar surface area (TPSA) is 58.6 Å². The average molecular weight is 322 g/mol. The third kappa shape index (κ3) is 4.21. The molecule has 1 saturated heterocycles. The Morgan fingerprint density at radius 1 is 1.35 bits per heavy atom. The Kier molecular flexibility index (Phi) is 4.92. The fourth-order valence-electron chi connectivity index (χ4n) is 2.54. The zero-order chi connectivity index (χ0) is 17.2. The van der Waals surface area contributed by atoms with Crippen molar-refractivity contribution in [1.29, 1.82) is 0 Å². The molecule has 1 aliphatic heterocycles. The summed E-state index contributed by atoms with van der Waals surface area (Å²) in [7, 11) is 0. The van der Waals surface area contributed by atoms with Crippen LogP contribution in [0.5, 0.6) is 0 Å². The van der Waals surface area contributed by atoms with Crippen LogP contribution in [0.4, 0.5) is 14.9 Å². The number of carbonyl (C=O) groups excluding carboxylic acids is 2. The van der Waals surface area contributed by atoms with Gasteiger partial charge in [-0.25, -0.2) is 9.18 Å². The number of hydrogen-bond donors (Lipinski definition) is 1. The summed E-state index contributed by atoms with van der Waals surface area (Å²) in [5, 5.41) is 2.71. The van der Waals surface area contributed by atoms with Crippen LogP contribution in [0.3, 0.4) is 0 Å². The van der Waals surface area contributed by atoms with Crippen LogP contribution in [0.25, 0.3) is 0 Å². The number of halogens is 1. The molecule has 1 aromatic rings. The molecule has 1 aliphatic rings. The summed E-state index contributed by atoms with van der Waals surface area (Å²) < 4.78 is 18.9. The van der Waals surface area contributed by atoms with Crippen molar-refractivity contribution in [2.24, 2.45) is 0 Å². The van der Waals surface area contributed by atoms with Gasteiger partial charge in [0.05, 0.1) is 0 Å². The molecule has 1 fully saturated rings. The molecular formula is C17H23FN2O3. The minimum atomic E-state index is -0.611. The minimum absolute atomic E-state index is 0.318. The smallest absolute Gasteiger partial charge is 0.410 e. The first-order valence-electron chi connectivity index (χ1n) is 7.74. The lowest BCUT2D eigenvalue weighted by Gasteiger charge is -2.28. The van der Waals surface area contributed by atoms with E-state index in [0.29, 0.717) is 24.2 Å². The number of ether oxygens (including phenoxy) is 1. The molecule has 1 N–H and O–H groups in total. The second-order valence-electron chi connectivity index (χ2n) is 6.73. The van der Waals surface area contributed by atoms with Gasteiger partial charge in [0.1, 0.15) is 17.5 Å². The molecule has 0 spiro atoms. The van der Waals surface area contributed by atoms with Crippen molar-refractivity contribution in [3.8, 4) is 0 Å². The van der Waals surface area contributed by atoms with Gasteiger partial charge in [0, 0.05) is 17.8 Å². The van der Waals surface area contributed by atoms with Gasteiger partial charge in [-0.05, 0) is 52.7 Å². The summed E-state index contributed by atoms with van der Waals surface area (Å²) in [6, 6.07) is 3.93. The second-order valence-corrected chi connectivity index (χ2v) is 6.73. The Bertz CT molecular complexity index is 610. The molecule has 23 heavy (non-hydrogen) atoms. The SMILES string of the molecule is Cc1c(F)cccc1NC(=O)[C@@H]1CCCN1C(=O)OC(C)(C)C. The summed E-state index contributed by atoms with van der Waals surface area (Å²) >= 11 is 0. The number of carbonyl (C=O) groups is 2. The molecule has 6 heteroatoms. The quantitative estimate of drug-likeness (QED) is 0.907. The number of amides is 2. The Morgan fingerprint density at radius 3 is 2.70 bits per heavy atom. The minimum Gasteiger partial charge on any atom is -0.444 e. The molecule has 0 radical (unpaired) electrons. The molecule has 0 saturated carbocycles. The highest BCUT2D eigenvalue weighted by atomic mass is 19.1. The lowest BCUT2D eigenvalue weighted by atomic mass is 10.1. The van der Waals surface area contributed by atoms with E-state index >= 15 is 0 Å². The van der Waals surface area contributed by atoms with Crippen molar-refractivity contribution < 1.29 is 18.7 Å². The Labute approximate surface area is 135 Å². The van der Waals surface area contributed by atoms with Crippen LogP contribution in [0.2, 0.25) is 0 Å². The molecular weight excluding hydrogens is 299 g/mol. The van der Waals surface area contributed by atoms with E-state index in [4.69, 9.17) is 4.74 Å². The molecule has 1 heterocycles. The normalized spacial score (nSPS) is 18.0. The Balaban J connectivity index is 2.09. The summed E-state index contributed by atoms with van der Waals surface area (Å²) in [5.74, 6) is -0.694. The first kappa shape index (κ1) is 17.2. The highest BCUT2D eigenvalue weighted by molar-refractivity contribution is 5.97. The van der Waals surface area contributed by atoms with Crippen molar-refractivity contribution in [3.05, 3.63) is 29.6 Å². The number of nitrogens with one attached hydrogen (secondary N) is 1. The molecule has 2 rings (SSSR count). The summed E-state index contributed by atoms with van der Waals surface area (Å²) in [6.45, 7) is 7.44. The van der Waals surface area contributed by atoms with Gasteiger partial charge < -0.3 is 10.1 Å². The average Bonchev–Trinajstić information content (AvgIpc) is 2.91. The van der Waals surface area contributed by atoms with Crippen molar-refractivity contribution in [1.82, 2.24) is 4.90 Å². The molecule has 0 unspecified atom stereocenters. The van der Waals surface area contributed by atoms with Crippen LogP contribution < -0.4 is 5.32 Å². The fraction of sp³-hybridized carbons (Fsp3) is 0.529. The van der Waals surface area contributed by atoms with E-state index < -0.39 is 17.7 Å². The highest BCUT2D eigenvalue weighted by Gasteiger charge is 2.36. The molecule has 0 aliphatic carbocycles. The number of benzene rings is 1. The van der Waals surface area contributed by atoms with Gasteiger partial charge >= 0.3 is 6.09 Å². The third-order valence-electron chi connectivity index (χ3n) is 3.71. The molecule has 2 amide bonds. The van der Waals surface area contributed by atoms with E-state index in [2.05, 4.69) is 5.32 Å². The molecule has 0 aromatic heterocycles. The van der Waals surface area contributed by atoms with E-state index in [1.54, 1.807) is 33.8 Å².